The van der Waals surface area contributed by atoms with Crippen molar-refractivity contribution in [3.63, 3.8) is 0 Å². The predicted molar refractivity (Wildman–Crippen MR) is 22.7 cm³/mol. The topological polar surface area (TPSA) is 38.7 Å². The molecule has 0 radical (unpaired) electrons. The van der Waals surface area contributed by atoms with E-state index in [-0.39, 0.29) is 5.97 Å². The molecule has 6 heavy (non-hydrogen) atoms. The maximum Gasteiger partial charge on any atom is 0.330 e. The number of hydrogen-bond acceptors (Lipinski definition) is 3. The maximum atomic E-state index is 9.73. The van der Waals surface area contributed by atoms with Gasteiger partial charge in [-0.1, -0.05) is 0 Å². The number of hydrogen-bond donors (Lipinski definition) is 0. The van der Waals surface area contributed by atoms with Crippen molar-refractivity contribution in [1.29, 1.82) is 0 Å². The van der Waals surface area contributed by atoms with Crippen LogP contribution in [-0.4, -0.2) is 16.0 Å². The molecule has 0 N–H and O–H groups in total. The highest BCUT2D eigenvalue weighted by Crippen LogP contribution is 1.69. The van der Waals surface area contributed by atoms with Gasteiger partial charge in [-0.05, 0) is 0 Å². The van der Waals surface area contributed by atoms with Gasteiger partial charge in [0.25, 0.3) is 0 Å². The first-order valence-electron chi connectivity index (χ1n) is 1.41. The minimum absolute atomic E-state index is 0.370. The minimum atomic E-state index is -0.370. The molecule has 0 aliphatic rings. The Morgan fingerprint density at radius 3 is 2.50 bits per heavy atom. The van der Waals surface area contributed by atoms with Crippen LogP contribution in [-0.2, 0) is 9.63 Å². The van der Waals surface area contributed by atoms with Gasteiger partial charge in [-0.2, -0.15) is 4.80 Å². The molecule has 0 aliphatic carbocycles. The van der Waals surface area contributed by atoms with E-state index in [1.54, 1.807) is 0 Å². The van der Waals surface area contributed by atoms with E-state index in [2.05, 4.69) is 9.64 Å². The maximum absolute atomic E-state index is 9.73. The summed E-state index contributed by atoms with van der Waals surface area (Å²) in [5.74, 6) is -0.370. The molecule has 0 aromatic carbocycles. The second kappa shape index (κ2) is 2.71. The lowest BCUT2D eigenvalue weighted by molar-refractivity contribution is -0.140. The van der Waals surface area contributed by atoms with E-state index in [0.717, 1.165) is 0 Å². The largest absolute Gasteiger partial charge is 0.330 e. The van der Waals surface area contributed by atoms with Gasteiger partial charge in [0.1, 0.15) is 10.0 Å². The molecule has 0 rings (SSSR count). The number of rotatable bonds is 1. The van der Waals surface area contributed by atoms with Crippen LogP contribution in [0.3, 0.4) is 0 Å². The Labute approximate surface area is 38.4 Å². The average Bonchev–Trinajstić information content (AvgIpc) is 1.35. The zero-order valence-electron chi connectivity index (χ0n) is 3.47. The molecular weight excluding hydrogens is 98.1 g/mol. The van der Waals surface area contributed by atoms with Gasteiger partial charge in [0.15, 0.2) is 0 Å². The van der Waals surface area contributed by atoms with Gasteiger partial charge in [0, 0.05) is 6.92 Å². The lowest BCUT2D eigenvalue weighted by Gasteiger charge is -1.81. The highest BCUT2D eigenvalue weighted by atomic mass is 28.1. The summed E-state index contributed by atoms with van der Waals surface area (Å²) in [5.41, 5.74) is 0. The third kappa shape index (κ3) is 3.49. The Hall–Kier alpha value is -0.513. The van der Waals surface area contributed by atoms with Crippen molar-refractivity contribution in [2.45, 2.75) is 6.92 Å². The van der Waals surface area contributed by atoms with Gasteiger partial charge < -0.3 is 4.84 Å². The van der Waals surface area contributed by atoms with Crippen molar-refractivity contribution < 1.29 is 9.63 Å². The van der Waals surface area contributed by atoms with Gasteiger partial charge in [0.05, 0.1) is 0 Å². The first kappa shape index (κ1) is 5.49. The Balaban J connectivity index is 3.05. The quantitative estimate of drug-likeness (QED) is 0.324. The third-order valence-electron chi connectivity index (χ3n) is 0.193. The van der Waals surface area contributed by atoms with Crippen LogP contribution >= 0.6 is 0 Å². The monoisotopic (exact) mass is 103 g/mol. The molecule has 0 atom stereocenters. The van der Waals surface area contributed by atoms with Crippen molar-refractivity contribution >= 4 is 16.0 Å². The molecular formula is C2H5NO2Si. The summed E-state index contributed by atoms with van der Waals surface area (Å²) in [6.45, 7) is 1.30. The highest BCUT2D eigenvalue weighted by molar-refractivity contribution is 5.91. The number of carbonyl (C=O) groups excluding carboxylic acids is 1. The van der Waals surface area contributed by atoms with Gasteiger partial charge >= 0.3 is 5.97 Å². The molecule has 34 valence electrons. The summed E-state index contributed by atoms with van der Waals surface area (Å²) >= 11 is 0. The van der Waals surface area contributed by atoms with Gasteiger partial charge in [-0.15, -0.1) is 0 Å². The van der Waals surface area contributed by atoms with Crippen molar-refractivity contribution in [2.24, 2.45) is 4.80 Å². The van der Waals surface area contributed by atoms with Crippen molar-refractivity contribution in [3.05, 3.63) is 0 Å². The Kier molecular flexibility index (Phi) is 2.48. The fourth-order valence-electron chi connectivity index (χ4n) is 0.0909. The SMILES string of the molecule is CC(=O)ON=[SiH2]. The standard InChI is InChI=1S/C2H5NO2Si/c1-2(4)5-3-6/h6H2,1H3. The first-order chi connectivity index (χ1) is 2.77. The van der Waals surface area contributed by atoms with E-state index in [0.29, 0.717) is 0 Å². The second-order valence-electron chi connectivity index (χ2n) is 0.712. The van der Waals surface area contributed by atoms with Crippen LogP contribution in [0.15, 0.2) is 4.80 Å². The van der Waals surface area contributed by atoms with E-state index < -0.39 is 0 Å². The molecule has 0 spiro atoms. The molecule has 0 aliphatic heterocycles. The minimum Gasteiger partial charge on any atom is -0.330 e. The van der Waals surface area contributed by atoms with Crippen LogP contribution in [0.25, 0.3) is 0 Å². The molecule has 3 nitrogen and oxygen atoms in total. The Morgan fingerprint density at radius 1 is 2.00 bits per heavy atom. The molecule has 0 aromatic heterocycles. The molecule has 0 saturated carbocycles. The van der Waals surface area contributed by atoms with Crippen molar-refractivity contribution in [2.75, 3.05) is 0 Å². The molecule has 0 bridgehead atoms. The fourth-order valence-corrected chi connectivity index (χ4v) is 0.273. The molecule has 4 heteroatoms. The van der Waals surface area contributed by atoms with Crippen LogP contribution in [0.2, 0.25) is 0 Å². The normalized spacial score (nSPS) is 6.83. The summed E-state index contributed by atoms with van der Waals surface area (Å²) in [7, 11) is 1.24. The van der Waals surface area contributed by atoms with Crippen molar-refractivity contribution in [1.82, 2.24) is 0 Å². The smallest absolute Gasteiger partial charge is 0.330 e. The van der Waals surface area contributed by atoms with Gasteiger partial charge in [-0.25, -0.2) is 4.79 Å². The summed E-state index contributed by atoms with van der Waals surface area (Å²) < 4.78 is 0. The second-order valence-corrected chi connectivity index (χ2v) is 0.970. The molecule has 0 aromatic rings. The van der Waals surface area contributed by atoms with Gasteiger partial charge in [0.2, 0.25) is 0 Å². The van der Waals surface area contributed by atoms with Crippen LogP contribution < -0.4 is 0 Å². The van der Waals surface area contributed by atoms with Crippen molar-refractivity contribution in [3.8, 4) is 0 Å². The van der Waals surface area contributed by atoms with Crippen LogP contribution in [0, 0.1) is 0 Å². The fraction of sp³-hybridized carbons (Fsp3) is 0.500. The van der Waals surface area contributed by atoms with Crippen LogP contribution in [0.5, 0.6) is 0 Å². The van der Waals surface area contributed by atoms with Crippen LogP contribution in [0.1, 0.15) is 6.92 Å². The van der Waals surface area contributed by atoms with E-state index in [1.165, 1.54) is 17.0 Å². The predicted octanol–water partition coefficient (Wildman–Crippen LogP) is -0.719. The molecule has 0 unspecified atom stereocenters. The molecule has 0 amide bonds. The average molecular weight is 103 g/mol. The zero-order chi connectivity index (χ0) is 4.99. The summed E-state index contributed by atoms with van der Waals surface area (Å²) in [6, 6.07) is 0. The van der Waals surface area contributed by atoms with E-state index in [1.807, 2.05) is 0 Å². The highest BCUT2D eigenvalue weighted by Gasteiger charge is 1.80. The summed E-state index contributed by atoms with van der Waals surface area (Å²) in [5, 5.41) is 0. The Morgan fingerprint density at radius 2 is 2.50 bits per heavy atom. The van der Waals surface area contributed by atoms with Crippen LogP contribution in [0.4, 0.5) is 0 Å². The third-order valence-corrected chi connectivity index (χ3v) is 0.322. The zero-order valence-corrected chi connectivity index (χ0v) is 4.89. The Bertz CT molecular complexity index is 71.9. The first-order valence-corrected chi connectivity index (χ1v) is 2.04. The number of carbonyl (C=O) groups is 1. The molecule has 0 fully saturated rings. The summed E-state index contributed by atoms with van der Waals surface area (Å²) in [4.78, 5) is 16.9. The molecule has 0 heterocycles. The molecule has 0 saturated heterocycles. The van der Waals surface area contributed by atoms with E-state index >= 15 is 0 Å². The lowest BCUT2D eigenvalue weighted by Crippen LogP contribution is -1.88. The van der Waals surface area contributed by atoms with E-state index in [4.69, 9.17) is 0 Å². The van der Waals surface area contributed by atoms with Gasteiger partial charge in [-0.3, -0.25) is 0 Å². The number of nitrogens with zero attached hydrogens (tertiary/aromatic N) is 1. The summed E-state index contributed by atoms with van der Waals surface area (Å²) in [6.07, 6.45) is 0. The van der Waals surface area contributed by atoms with E-state index in [9.17, 15) is 4.79 Å². The lowest BCUT2D eigenvalue weighted by atomic mass is 10.8.